The number of para-hydroxylation sites is 1. The predicted octanol–water partition coefficient (Wildman–Crippen LogP) is 2.22. The lowest BCUT2D eigenvalue weighted by molar-refractivity contribution is -0.136. The Hall–Kier alpha value is -3.88. The molecule has 9 heteroatoms. The average Bonchev–Trinajstić information content (AvgIpc) is 3.45. The van der Waals surface area contributed by atoms with Gasteiger partial charge in [0.25, 0.3) is 11.8 Å². The summed E-state index contributed by atoms with van der Waals surface area (Å²) in [6, 6.07) is 12.8. The molecule has 0 unspecified atom stereocenters. The van der Waals surface area contributed by atoms with Crippen LogP contribution < -0.4 is 0 Å². The molecule has 0 saturated carbocycles. The quantitative estimate of drug-likeness (QED) is 0.569. The molecule has 2 amide bonds. The van der Waals surface area contributed by atoms with Crippen LogP contribution in [0.1, 0.15) is 32.3 Å². The number of piperazine rings is 1. The van der Waals surface area contributed by atoms with Crippen molar-refractivity contribution in [3.63, 3.8) is 0 Å². The number of hydrogen-bond donors (Lipinski definition) is 0. The van der Waals surface area contributed by atoms with Crippen LogP contribution in [0.2, 0.25) is 0 Å². The Labute approximate surface area is 185 Å². The summed E-state index contributed by atoms with van der Waals surface area (Å²) < 4.78 is 12.1. The second kappa shape index (κ2) is 9.09. The van der Waals surface area contributed by atoms with Gasteiger partial charge in [-0.3, -0.25) is 9.59 Å². The van der Waals surface area contributed by atoms with Crippen molar-refractivity contribution in [1.29, 1.82) is 0 Å². The van der Waals surface area contributed by atoms with E-state index in [1.54, 1.807) is 40.5 Å². The predicted molar refractivity (Wildman–Crippen MR) is 115 cm³/mol. The van der Waals surface area contributed by atoms with Crippen molar-refractivity contribution in [2.45, 2.75) is 13.8 Å². The highest BCUT2D eigenvalue weighted by Gasteiger charge is 2.27. The number of benzene rings is 1. The molecule has 4 rings (SSSR count). The van der Waals surface area contributed by atoms with Gasteiger partial charge in [-0.25, -0.2) is 9.48 Å². The van der Waals surface area contributed by atoms with E-state index in [1.807, 2.05) is 30.3 Å². The Morgan fingerprint density at radius 2 is 1.66 bits per heavy atom. The fourth-order valence-electron chi connectivity index (χ4n) is 3.76. The highest BCUT2D eigenvalue weighted by atomic mass is 16.5. The first kappa shape index (κ1) is 21.4. The van der Waals surface area contributed by atoms with Crippen molar-refractivity contribution in [2.24, 2.45) is 0 Å². The highest BCUT2D eigenvalue weighted by molar-refractivity contribution is 5.94. The topological polar surface area (TPSA) is 97.9 Å². The Morgan fingerprint density at radius 3 is 2.31 bits per heavy atom. The first-order chi connectivity index (χ1) is 15.5. The molecule has 0 N–H and O–H groups in total. The first-order valence-corrected chi connectivity index (χ1v) is 10.3. The van der Waals surface area contributed by atoms with Crippen LogP contribution in [0.25, 0.3) is 5.69 Å². The van der Waals surface area contributed by atoms with E-state index in [2.05, 4.69) is 5.10 Å². The molecule has 0 aliphatic carbocycles. The lowest BCUT2D eigenvalue weighted by Gasteiger charge is -2.34. The van der Waals surface area contributed by atoms with E-state index in [9.17, 15) is 14.4 Å². The Balaban J connectivity index is 1.33. The van der Waals surface area contributed by atoms with Gasteiger partial charge in [-0.2, -0.15) is 5.10 Å². The average molecular weight is 436 g/mol. The number of furan rings is 1. The number of aryl methyl sites for hydroxylation is 1. The van der Waals surface area contributed by atoms with E-state index < -0.39 is 5.97 Å². The molecule has 1 fully saturated rings. The Morgan fingerprint density at radius 1 is 0.969 bits per heavy atom. The third-order valence-corrected chi connectivity index (χ3v) is 5.47. The van der Waals surface area contributed by atoms with Crippen molar-refractivity contribution >= 4 is 17.8 Å². The molecular weight excluding hydrogens is 412 g/mol. The zero-order chi connectivity index (χ0) is 22.7. The van der Waals surface area contributed by atoms with Gasteiger partial charge in [-0.05, 0) is 38.1 Å². The molecule has 1 aliphatic rings. The van der Waals surface area contributed by atoms with Crippen molar-refractivity contribution in [1.82, 2.24) is 19.6 Å². The van der Waals surface area contributed by atoms with Crippen molar-refractivity contribution in [2.75, 3.05) is 32.8 Å². The first-order valence-electron chi connectivity index (χ1n) is 10.3. The third-order valence-electron chi connectivity index (χ3n) is 5.47. The summed E-state index contributed by atoms with van der Waals surface area (Å²) >= 11 is 0. The number of rotatable bonds is 5. The number of carbonyl (C=O) groups excluding carboxylic acids is 3. The molecule has 9 nitrogen and oxygen atoms in total. The van der Waals surface area contributed by atoms with Crippen molar-refractivity contribution in [3.05, 3.63) is 71.4 Å². The van der Waals surface area contributed by atoms with Crippen LogP contribution in [0.3, 0.4) is 0 Å². The SMILES string of the molecule is Cc1nn(-c2ccccc2)c(C)c1C(=O)OCC(=O)N1CCN(C(=O)c2ccco2)CC1. The number of ether oxygens (including phenoxy) is 1. The third kappa shape index (κ3) is 4.27. The minimum atomic E-state index is -0.581. The normalized spacial score (nSPS) is 13.8. The van der Waals surface area contributed by atoms with E-state index in [0.717, 1.165) is 5.69 Å². The van der Waals surface area contributed by atoms with Crippen LogP contribution in [0.5, 0.6) is 0 Å². The van der Waals surface area contributed by atoms with E-state index in [0.29, 0.717) is 43.1 Å². The summed E-state index contributed by atoms with van der Waals surface area (Å²) in [6.45, 7) is 4.68. The second-order valence-electron chi connectivity index (χ2n) is 7.52. The molecule has 1 aliphatic heterocycles. The largest absolute Gasteiger partial charge is 0.459 e. The monoisotopic (exact) mass is 436 g/mol. The molecule has 1 saturated heterocycles. The summed E-state index contributed by atoms with van der Waals surface area (Å²) in [7, 11) is 0. The van der Waals surface area contributed by atoms with Gasteiger partial charge in [0.15, 0.2) is 12.4 Å². The van der Waals surface area contributed by atoms with Gasteiger partial charge in [-0.1, -0.05) is 18.2 Å². The van der Waals surface area contributed by atoms with Crippen LogP contribution in [-0.2, 0) is 9.53 Å². The summed E-state index contributed by atoms with van der Waals surface area (Å²) in [5.41, 5.74) is 2.38. The number of esters is 1. The van der Waals surface area contributed by atoms with Gasteiger partial charge in [0.1, 0.15) is 5.56 Å². The number of carbonyl (C=O) groups is 3. The highest BCUT2D eigenvalue weighted by Crippen LogP contribution is 2.19. The molecule has 0 atom stereocenters. The van der Waals surface area contributed by atoms with Crippen molar-refractivity contribution in [3.8, 4) is 5.69 Å². The molecule has 2 aromatic heterocycles. The lowest BCUT2D eigenvalue weighted by atomic mass is 10.2. The van der Waals surface area contributed by atoms with Crippen LogP contribution in [-0.4, -0.2) is 70.1 Å². The van der Waals surface area contributed by atoms with Gasteiger partial charge in [-0.15, -0.1) is 0 Å². The molecule has 166 valence electrons. The van der Waals surface area contributed by atoms with Gasteiger partial charge >= 0.3 is 5.97 Å². The van der Waals surface area contributed by atoms with E-state index >= 15 is 0 Å². The maximum atomic E-state index is 12.7. The summed E-state index contributed by atoms with van der Waals surface area (Å²) in [6.07, 6.45) is 1.45. The number of amides is 2. The molecule has 3 aromatic rings. The number of hydrogen-bond acceptors (Lipinski definition) is 6. The zero-order valence-electron chi connectivity index (χ0n) is 18.0. The zero-order valence-corrected chi connectivity index (χ0v) is 18.0. The van der Waals surface area contributed by atoms with Crippen molar-refractivity contribution < 1.29 is 23.5 Å². The van der Waals surface area contributed by atoms with Crippen LogP contribution in [0.4, 0.5) is 0 Å². The van der Waals surface area contributed by atoms with E-state index in [-0.39, 0.29) is 24.2 Å². The number of aromatic nitrogens is 2. The minimum Gasteiger partial charge on any atom is -0.459 e. The number of nitrogens with zero attached hydrogens (tertiary/aromatic N) is 4. The van der Waals surface area contributed by atoms with Gasteiger partial charge in [0, 0.05) is 26.2 Å². The molecule has 0 radical (unpaired) electrons. The molecule has 32 heavy (non-hydrogen) atoms. The smallest absolute Gasteiger partial charge is 0.342 e. The van der Waals surface area contributed by atoms with Crippen LogP contribution >= 0.6 is 0 Å². The molecule has 0 bridgehead atoms. The molecule has 1 aromatic carbocycles. The van der Waals surface area contributed by atoms with E-state index in [1.165, 1.54) is 6.26 Å². The van der Waals surface area contributed by atoms with E-state index in [4.69, 9.17) is 9.15 Å². The molecular formula is C23H24N4O5. The Kier molecular flexibility index (Phi) is 6.07. The van der Waals surface area contributed by atoms with Gasteiger partial charge < -0.3 is 19.0 Å². The van der Waals surface area contributed by atoms with Crippen LogP contribution in [0.15, 0.2) is 53.1 Å². The maximum absolute atomic E-state index is 12.7. The fraction of sp³-hybridized carbons (Fsp3) is 0.304. The van der Waals surface area contributed by atoms with Crippen LogP contribution in [0, 0.1) is 13.8 Å². The minimum absolute atomic E-state index is 0.199. The molecule has 3 heterocycles. The van der Waals surface area contributed by atoms with Gasteiger partial charge in [0.2, 0.25) is 0 Å². The second-order valence-corrected chi connectivity index (χ2v) is 7.52. The molecule has 0 spiro atoms. The van der Waals surface area contributed by atoms with Gasteiger partial charge in [0.05, 0.1) is 23.3 Å². The lowest BCUT2D eigenvalue weighted by Crippen LogP contribution is -2.51. The summed E-state index contributed by atoms with van der Waals surface area (Å²) in [4.78, 5) is 40.8. The Bertz CT molecular complexity index is 1110. The fourth-order valence-corrected chi connectivity index (χ4v) is 3.76. The summed E-state index contributed by atoms with van der Waals surface area (Å²) in [5, 5.41) is 4.44. The standard InChI is InChI=1S/C23H24N4O5/c1-16-21(17(2)27(24-16)18-7-4-3-5-8-18)23(30)32-15-20(28)25-10-12-26(13-11-25)22(29)19-9-6-14-31-19/h3-9,14H,10-13,15H2,1-2H3. The maximum Gasteiger partial charge on any atom is 0.342 e. The summed E-state index contributed by atoms with van der Waals surface area (Å²) in [5.74, 6) is -0.799.